The van der Waals surface area contributed by atoms with E-state index in [-0.39, 0.29) is 11.7 Å². The van der Waals surface area contributed by atoms with Crippen LogP contribution in [0.5, 0.6) is 0 Å². The second kappa shape index (κ2) is 5.16. The smallest absolute Gasteiger partial charge is 0.327 e. The molecule has 0 amide bonds. The second-order valence-corrected chi connectivity index (χ2v) is 4.64. The standard InChI is InChI=1S/C14H15N5O/c1-11(18-8-7-15-10-18)13-16-17-14(20)19(13)9-12-5-3-2-4-6-12/h2-8,10-11H,9H2,1H3,(H,17,20)/t11-/m1/s1. The lowest BCUT2D eigenvalue weighted by molar-refractivity contribution is 0.556. The van der Waals surface area contributed by atoms with Crippen LogP contribution in [0.3, 0.4) is 0 Å². The van der Waals surface area contributed by atoms with Crippen LogP contribution >= 0.6 is 0 Å². The van der Waals surface area contributed by atoms with Gasteiger partial charge in [-0.15, -0.1) is 0 Å². The molecule has 0 spiro atoms. The Kier molecular flexibility index (Phi) is 3.20. The lowest BCUT2D eigenvalue weighted by Gasteiger charge is -2.13. The highest BCUT2D eigenvalue weighted by Gasteiger charge is 2.16. The van der Waals surface area contributed by atoms with Gasteiger partial charge >= 0.3 is 5.69 Å². The molecule has 2 aromatic heterocycles. The van der Waals surface area contributed by atoms with Crippen molar-refractivity contribution in [3.05, 3.63) is 70.9 Å². The Bertz CT molecular complexity index is 727. The van der Waals surface area contributed by atoms with E-state index in [0.717, 1.165) is 5.56 Å². The Morgan fingerprint density at radius 2 is 2.10 bits per heavy atom. The van der Waals surface area contributed by atoms with Gasteiger partial charge in [-0.1, -0.05) is 30.3 Å². The minimum Gasteiger partial charge on any atom is -0.327 e. The van der Waals surface area contributed by atoms with Crippen molar-refractivity contribution >= 4 is 0 Å². The normalized spacial score (nSPS) is 12.4. The van der Waals surface area contributed by atoms with Gasteiger partial charge in [-0.05, 0) is 12.5 Å². The molecule has 2 heterocycles. The van der Waals surface area contributed by atoms with E-state index < -0.39 is 0 Å². The van der Waals surface area contributed by atoms with Gasteiger partial charge in [0.05, 0.1) is 18.9 Å². The molecule has 0 aliphatic carbocycles. The molecule has 6 nitrogen and oxygen atoms in total. The van der Waals surface area contributed by atoms with E-state index >= 15 is 0 Å². The number of rotatable bonds is 4. The molecule has 0 saturated carbocycles. The average molecular weight is 269 g/mol. The number of nitrogens with one attached hydrogen (secondary N) is 1. The van der Waals surface area contributed by atoms with Crippen LogP contribution in [0.25, 0.3) is 0 Å². The van der Waals surface area contributed by atoms with Crippen molar-refractivity contribution in [2.24, 2.45) is 0 Å². The van der Waals surface area contributed by atoms with Crippen LogP contribution in [0, 0.1) is 0 Å². The highest BCUT2D eigenvalue weighted by Crippen LogP contribution is 2.14. The first kappa shape index (κ1) is 12.4. The minimum absolute atomic E-state index is 0.0554. The third kappa shape index (κ3) is 2.27. The van der Waals surface area contributed by atoms with Crippen molar-refractivity contribution in [3.8, 4) is 0 Å². The van der Waals surface area contributed by atoms with Crippen molar-refractivity contribution in [2.45, 2.75) is 19.5 Å². The Morgan fingerprint density at radius 3 is 2.80 bits per heavy atom. The Morgan fingerprint density at radius 1 is 1.30 bits per heavy atom. The Labute approximate surface area is 115 Å². The van der Waals surface area contributed by atoms with Gasteiger partial charge in [-0.25, -0.2) is 14.9 Å². The quantitative estimate of drug-likeness (QED) is 0.779. The Hall–Kier alpha value is -2.63. The van der Waals surface area contributed by atoms with Crippen LogP contribution in [-0.4, -0.2) is 24.3 Å². The van der Waals surface area contributed by atoms with E-state index in [1.54, 1.807) is 17.1 Å². The summed E-state index contributed by atoms with van der Waals surface area (Å²) in [4.78, 5) is 16.0. The monoisotopic (exact) mass is 269 g/mol. The first-order chi connectivity index (χ1) is 9.75. The van der Waals surface area contributed by atoms with Gasteiger partial charge < -0.3 is 4.57 Å². The summed E-state index contributed by atoms with van der Waals surface area (Å²) in [6, 6.07) is 9.80. The molecule has 0 unspecified atom stereocenters. The van der Waals surface area contributed by atoms with E-state index in [1.807, 2.05) is 48.0 Å². The molecule has 3 aromatic rings. The van der Waals surface area contributed by atoms with Gasteiger partial charge in [0, 0.05) is 12.4 Å². The van der Waals surface area contributed by atoms with Crippen LogP contribution in [0.4, 0.5) is 0 Å². The maximum absolute atomic E-state index is 11.9. The van der Waals surface area contributed by atoms with Gasteiger partial charge in [-0.3, -0.25) is 4.57 Å². The first-order valence-corrected chi connectivity index (χ1v) is 6.42. The van der Waals surface area contributed by atoms with E-state index in [1.165, 1.54) is 0 Å². The highest BCUT2D eigenvalue weighted by atomic mass is 16.1. The molecular weight excluding hydrogens is 254 g/mol. The number of imidazole rings is 1. The maximum atomic E-state index is 11.9. The maximum Gasteiger partial charge on any atom is 0.343 e. The fraction of sp³-hybridized carbons (Fsp3) is 0.214. The fourth-order valence-corrected chi connectivity index (χ4v) is 2.20. The summed E-state index contributed by atoms with van der Waals surface area (Å²) in [6.07, 6.45) is 5.29. The number of H-pyrrole nitrogens is 1. The molecule has 1 atom stereocenters. The van der Waals surface area contributed by atoms with E-state index in [4.69, 9.17) is 0 Å². The van der Waals surface area contributed by atoms with Crippen LogP contribution in [0.15, 0.2) is 53.8 Å². The largest absolute Gasteiger partial charge is 0.343 e. The number of aromatic amines is 1. The van der Waals surface area contributed by atoms with E-state index in [0.29, 0.717) is 12.4 Å². The topological polar surface area (TPSA) is 68.5 Å². The summed E-state index contributed by atoms with van der Waals surface area (Å²) in [7, 11) is 0. The van der Waals surface area contributed by atoms with Crippen molar-refractivity contribution < 1.29 is 0 Å². The predicted molar refractivity (Wildman–Crippen MR) is 74.4 cm³/mol. The molecule has 20 heavy (non-hydrogen) atoms. The molecule has 0 aliphatic rings. The van der Waals surface area contributed by atoms with Crippen molar-refractivity contribution in [2.75, 3.05) is 0 Å². The van der Waals surface area contributed by atoms with Gasteiger partial charge in [0.1, 0.15) is 0 Å². The van der Waals surface area contributed by atoms with Crippen molar-refractivity contribution in [1.82, 2.24) is 24.3 Å². The number of aromatic nitrogens is 5. The van der Waals surface area contributed by atoms with Gasteiger partial charge in [0.25, 0.3) is 0 Å². The molecule has 1 N–H and O–H groups in total. The molecule has 0 radical (unpaired) electrons. The summed E-state index contributed by atoms with van der Waals surface area (Å²) in [5.74, 6) is 0.692. The predicted octanol–water partition coefficient (Wildman–Crippen LogP) is 1.43. The van der Waals surface area contributed by atoms with Gasteiger partial charge in [0.2, 0.25) is 0 Å². The van der Waals surface area contributed by atoms with Crippen LogP contribution in [0.2, 0.25) is 0 Å². The number of benzene rings is 1. The van der Waals surface area contributed by atoms with Gasteiger partial charge in [0.15, 0.2) is 5.82 Å². The zero-order valence-electron chi connectivity index (χ0n) is 11.1. The van der Waals surface area contributed by atoms with Crippen molar-refractivity contribution in [1.29, 1.82) is 0 Å². The summed E-state index contributed by atoms with van der Waals surface area (Å²) in [6.45, 7) is 2.49. The third-order valence-corrected chi connectivity index (χ3v) is 3.32. The van der Waals surface area contributed by atoms with E-state index in [9.17, 15) is 4.79 Å². The lowest BCUT2D eigenvalue weighted by atomic mass is 10.2. The SMILES string of the molecule is C[C@H](c1n[nH]c(=O)n1Cc1ccccc1)n1ccnc1. The van der Waals surface area contributed by atoms with Crippen LogP contribution in [-0.2, 0) is 6.54 Å². The van der Waals surface area contributed by atoms with Crippen molar-refractivity contribution in [3.63, 3.8) is 0 Å². The zero-order chi connectivity index (χ0) is 13.9. The summed E-state index contributed by atoms with van der Waals surface area (Å²) < 4.78 is 3.57. The first-order valence-electron chi connectivity index (χ1n) is 6.42. The van der Waals surface area contributed by atoms with Gasteiger partial charge in [-0.2, -0.15) is 5.10 Å². The lowest BCUT2D eigenvalue weighted by Crippen LogP contribution is -2.22. The third-order valence-electron chi connectivity index (χ3n) is 3.32. The highest BCUT2D eigenvalue weighted by molar-refractivity contribution is 5.16. The zero-order valence-corrected chi connectivity index (χ0v) is 11.1. The number of hydrogen-bond acceptors (Lipinski definition) is 3. The van der Waals surface area contributed by atoms with Crippen LogP contribution in [0.1, 0.15) is 24.4 Å². The molecule has 0 aliphatic heterocycles. The average Bonchev–Trinajstić information content (AvgIpc) is 3.11. The summed E-state index contributed by atoms with van der Waals surface area (Å²) in [5.41, 5.74) is 0.867. The molecule has 0 saturated heterocycles. The summed E-state index contributed by atoms with van der Waals surface area (Å²) >= 11 is 0. The fourth-order valence-electron chi connectivity index (χ4n) is 2.20. The molecule has 1 aromatic carbocycles. The second-order valence-electron chi connectivity index (χ2n) is 4.64. The molecule has 6 heteroatoms. The van der Waals surface area contributed by atoms with E-state index in [2.05, 4.69) is 15.2 Å². The number of hydrogen-bond donors (Lipinski definition) is 1. The molecule has 3 rings (SSSR count). The molecule has 102 valence electrons. The molecule has 0 fully saturated rings. The minimum atomic E-state index is -0.198. The van der Waals surface area contributed by atoms with Crippen LogP contribution < -0.4 is 5.69 Å². The number of nitrogens with zero attached hydrogens (tertiary/aromatic N) is 4. The molecular formula is C14H15N5O. The summed E-state index contributed by atoms with van der Waals surface area (Å²) in [5, 5.41) is 6.67. The molecule has 0 bridgehead atoms. The Balaban J connectivity index is 1.96.